The van der Waals surface area contributed by atoms with Crippen LogP contribution in [0.2, 0.25) is 0 Å². The molecule has 0 aliphatic carbocycles. The van der Waals surface area contributed by atoms with Crippen molar-refractivity contribution in [3.63, 3.8) is 0 Å². The van der Waals surface area contributed by atoms with E-state index in [2.05, 4.69) is 4.98 Å². The molecular weight excluding hydrogens is 235 g/mol. The highest BCUT2D eigenvalue weighted by atomic mass is 19.4. The minimum Gasteiger partial charge on any atom is -0.497 e. The molecule has 0 fully saturated rings. The summed E-state index contributed by atoms with van der Waals surface area (Å²) >= 11 is 0. The fourth-order valence-corrected chi connectivity index (χ4v) is 1.59. The van der Waals surface area contributed by atoms with Crippen LogP contribution in [-0.4, -0.2) is 22.8 Å². The van der Waals surface area contributed by atoms with Gasteiger partial charge in [0.25, 0.3) is 0 Å². The fraction of sp³-hybridized carbons (Fsp3) is 0.300. The Bertz CT molecular complexity index is 547. The van der Waals surface area contributed by atoms with Crippen molar-refractivity contribution in [3.8, 4) is 5.75 Å². The van der Waals surface area contributed by atoms with E-state index in [0.29, 0.717) is 16.8 Å². The van der Waals surface area contributed by atoms with Gasteiger partial charge in [0.2, 0.25) is 5.95 Å². The van der Waals surface area contributed by atoms with Gasteiger partial charge in [-0.15, -0.1) is 0 Å². The molecule has 1 aromatic heterocycles. The monoisotopic (exact) mass is 245 g/mol. The summed E-state index contributed by atoms with van der Waals surface area (Å²) in [7, 11) is 1.44. The number of fused-ring (bicyclic) bond motifs is 1. The molecule has 17 heavy (non-hydrogen) atoms. The summed E-state index contributed by atoms with van der Waals surface area (Å²) < 4.78 is 43.0. The minimum absolute atomic E-state index is 0.162. The predicted octanol–water partition coefficient (Wildman–Crippen LogP) is 2.19. The van der Waals surface area contributed by atoms with Gasteiger partial charge in [0.05, 0.1) is 18.1 Å². The highest BCUT2D eigenvalue weighted by Gasteiger charge is 2.29. The van der Waals surface area contributed by atoms with Crippen LogP contribution in [0, 0.1) is 0 Å². The van der Waals surface area contributed by atoms with Crippen molar-refractivity contribution in [1.82, 2.24) is 9.55 Å². The third kappa shape index (κ3) is 2.27. The number of benzene rings is 1. The van der Waals surface area contributed by atoms with Crippen molar-refractivity contribution in [1.29, 1.82) is 0 Å². The number of aromatic nitrogens is 2. The summed E-state index contributed by atoms with van der Waals surface area (Å²) in [6.07, 6.45) is -4.34. The highest BCUT2D eigenvalue weighted by Crippen LogP contribution is 2.27. The first-order chi connectivity index (χ1) is 7.90. The third-order valence-electron chi connectivity index (χ3n) is 2.32. The molecule has 4 nitrogen and oxygen atoms in total. The van der Waals surface area contributed by atoms with E-state index < -0.39 is 12.7 Å². The molecule has 0 radical (unpaired) electrons. The molecule has 0 amide bonds. The van der Waals surface area contributed by atoms with Crippen molar-refractivity contribution in [3.05, 3.63) is 18.2 Å². The van der Waals surface area contributed by atoms with Gasteiger partial charge in [-0.3, -0.25) is 0 Å². The van der Waals surface area contributed by atoms with Crippen molar-refractivity contribution in [2.24, 2.45) is 0 Å². The molecular formula is C10H10F3N3O. The molecule has 0 unspecified atom stereocenters. The lowest BCUT2D eigenvalue weighted by Gasteiger charge is -2.10. The smallest absolute Gasteiger partial charge is 0.406 e. The molecule has 0 saturated carbocycles. The molecule has 0 aliphatic heterocycles. The van der Waals surface area contributed by atoms with E-state index in [-0.39, 0.29) is 5.95 Å². The molecule has 2 rings (SSSR count). The average Bonchev–Trinajstić information content (AvgIpc) is 2.53. The van der Waals surface area contributed by atoms with Crippen molar-refractivity contribution < 1.29 is 17.9 Å². The van der Waals surface area contributed by atoms with E-state index in [1.165, 1.54) is 13.2 Å². The Morgan fingerprint density at radius 1 is 1.41 bits per heavy atom. The quantitative estimate of drug-likeness (QED) is 0.882. The van der Waals surface area contributed by atoms with Gasteiger partial charge < -0.3 is 15.0 Å². The molecule has 0 spiro atoms. The number of nitrogen functional groups attached to an aromatic ring is 1. The van der Waals surface area contributed by atoms with Crippen LogP contribution in [-0.2, 0) is 6.54 Å². The number of halogens is 3. The van der Waals surface area contributed by atoms with Crippen LogP contribution in [0.25, 0.3) is 11.0 Å². The van der Waals surface area contributed by atoms with Crippen molar-refractivity contribution >= 4 is 17.0 Å². The van der Waals surface area contributed by atoms with Crippen LogP contribution in [0.5, 0.6) is 5.75 Å². The van der Waals surface area contributed by atoms with E-state index in [1.807, 2.05) is 0 Å². The lowest BCUT2D eigenvalue weighted by molar-refractivity contribution is -0.139. The number of hydrogen-bond acceptors (Lipinski definition) is 3. The predicted molar refractivity (Wildman–Crippen MR) is 56.8 cm³/mol. The Labute approximate surface area is 94.8 Å². The Balaban J connectivity index is 2.56. The summed E-state index contributed by atoms with van der Waals surface area (Å²) in [5.74, 6) is 0.298. The fourth-order valence-electron chi connectivity index (χ4n) is 1.59. The van der Waals surface area contributed by atoms with Crippen molar-refractivity contribution in [2.75, 3.05) is 12.8 Å². The normalized spacial score (nSPS) is 12.0. The van der Waals surface area contributed by atoms with Gasteiger partial charge in [0, 0.05) is 6.07 Å². The van der Waals surface area contributed by atoms with Gasteiger partial charge in [-0.1, -0.05) is 0 Å². The number of anilines is 1. The molecule has 1 heterocycles. The Kier molecular flexibility index (Phi) is 2.60. The van der Waals surface area contributed by atoms with Gasteiger partial charge in [0.15, 0.2) is 0 Å². The zero-order valence-electron chi connectivity index (χ0n) is 8.95. The largest absolute Gasteiger partial charge is 0.497 e. The first-order valence-corrected chi connectivity index (χ1v) is 4.77. The number of rotatable bonds is 2. The third-order valence-corrected chi connectivity index (χ3v) is 2.32. The average molecular weight is 245 g/mol. The summed E-state index contributed by atoms with van der Waals surface area (Å²) in [5.41, 5.74) is 6.18. The van der Waals surface area contributed by atoms with E-state index in [0.717, 1.165) is 4.57 Å². The molecule has 1 aromatic carbocycles. The van der Waals surface area contributed by atoms with Gasteiger partial charge >= 0.3 is 6.18 Å². The number of hydrogen-bond donors (Lipinski definition) is 1. The van der Waals surface area contributed by atoms with Crippen LogP contribution >= 0.6 is 0 Å². The van der Waals surface area contributed by atoms with Crippen molar-refractivity contribution in [2.45, 2.75) is 12.7 Å². The number of imidazole rings is 1. The molecule has 0 atom stereocenters. The Morgan fingerprint density at radius 3 is 2.71 bits per heavy atom. The maximum atomic E-state index is 12.4. The second-order valence-corrected chi connectivity index (χ2v) is 3.53. The number of alkyl halides is 3. The number of nitrogens with two attached hydrogens (primary N) is 1. The number of nitrogens with zero attached hydrogens (tertiary/aromatic N) is 2. The Morgan fingerprint density at radius 2 is 2.12 bits per heavy atom. The lowest BCUT2D eigenvalue weighted by Crippen LogP contribution is -2.19. The second-order valence-electron chi connectivity index (χ2n) is 3.53. The van der Waals surface area contributed by atoms with Crippen LogP contribution in [0.1, 0.15) is 0 Å². The van der Waals surface area contributed by atoms with Gasteiger partial charge in [-0.2, -0.15) is 13.2 Å². The van der Waals surface area contributed by atoms with Crippen LogP contribution in [0.3, 0.4) is 0 Å². The van der Waals surface area contributed by atoms with Crippen LogP contribution < -0.4 is 10.5 Å². The first kappa shape index (κ1) is 11.6. The maximum absolute atomic E-state index is 12.4. The molecule has 92 valence electrons. The zero-order chi connectivity index (χ0) is 12.6. The van der Waals surface area contributed by atoms with E-state index >= 15 is 0 Å². The summed E-state index contributed by atoms with van der Waals surface area (Å²) in [6, 6.07) is 4.66. The lowest BCUT2D eigenvalue weighted by atomic mass is 10.3. The van der Waals surface area contributed by atoms with E-state index in [1.54, 1.807) is 12.1 Å². The van der Waals surface area contributed by atoms with Crippen LogP contribution in [0.15, 0.2) is 18.2 Å². The highest BCUT2D eigenvalue weighted by molar-refractivity contribution is 5.79. The molecule has 7 heteroatoms. The topological polar surface area (TPSA) is 53.1 Å². The van der Waals surface area contributed by atoms with Gasteiger partial charge in [0.1, 0.15) is 12.3 Å². The molecule has 0 saturated heterocycles. The summed E-state index contributed by atoms with van der Waals surface area (Å²) in [5, 5.41) is 0. The summed E-state index contributed by atoms with van der Waals surface area (Å²) in [4.78, 5) is 3.86. The van der Waals surface area contributed by atoms with Crippen LogP contribution in [0.4, 0.5) is 19.1 Å². The SMILES string of the molecule is COc1ccc2nc(N)n(CC(F)(F)F)c2c1. The van der Waals surface area contributed by atoms with Gasteiger partial charge in [-0.05, 0) is 12.1 Å². The molecule has 2 N–H and O–H groups in total. The second kappa shape index (κ2) is 3.83. The zero-order valence-corrected chi connectivity index (χ0v) is 8.95. The molecule has 0 bridgehead atoms. The Hall–Kier alpha value is -1.92. The standard InChI is InChI=1S/C10H10F3N3O/c1-17-6-2-3-7-8(4-6)16(9(14)15-7)5-10(11,12)13/h2-4H,5H2,1H3,(H2,14,15). The summed E-state index contributed by atoms with van der Waals surface area (Å²) in [6.45, 7) is -1.16. The van der Waals surface area contributed by atoms with E-state index in [9.17, 15) is 13.2 Å². The maximum Gasteiger partial charge on any atom is 0.406 e. The number of methoxy groups -OCH3 is 1. The van der Waals surface area contributed by atoms with E-state index in [4.69, 9.17) is 10.5 Å². The number of ether oxygens (including phenoxy) is 1. The first-order valence-electron chi connectivity index (χ1n) is 4.77. The molecule has 2 aromatic rings. The molecule has 0 aliphatic rings. The van der Waals surface area contributed by atoms with Gasteiger partial charge in [-0.25, -0.2) is 4.98 Å². The minimum atomic E-state index is -4.34.